The van der Waals surface area contributed by atoms with E-state index in [1.807, 2.05) is 37.3 Å². The van der Waals surface area contributed by atoms with Crippen LogP contribution in [0.15, 0.2) is 43.0 Å². The van der Waals surface area contributed by atoms with Crippen LogP contribution in [0.3, 0.4) is 0 Å². The fraction of sp³-hybridized carbons (Fsp3) is 0.655. The number of hydrogen-bond donors (Lipinski definition) is 1. The van der Waals surface area contributed by atoms with Crippen LogP contribution < -0.4 is 0 Å². The van der Waals surface area contributed by atoms with Crippen molar-refractivity contribution in [3.05, 3.63) is 48.6 Å². The van der Waals surface area contributed by atoms with Gasteiger partial charge in [-0.1, -0.05) is 57.2 Å². The fourth-order valence-electron chi connectivity index (χ4n) is 8.23. The second-order valence-electron chi connectivity index (χ2n) is 12.3. The molecule has 2 aliphatic carbocycles. The molecule has 4 aliphatic rings. The number of ether oxygens (including phenoxy) is 4. The number of aliphatic hydroxyl groups excluding tert-OH is 1. The third kappa shape index (κ3) is 3.12. The number of ketones is 1. The van der Waals surface area contributed by atoms with Gasteiger partial charge in [-0.25, -0.2) is 0 Å². The molecular formula is C29H38O7. The van der Waals surface area contributed by atoms with Crippen molar-refractivity contribution in [3.8, 4) is 0 Å². The summed E-state index contributed by atoms with van der Waals surface area (Å²) in [6, 6.07) is 9.54. The summed E-state index contributed by atoms with van der Waals surface area (Å²) in [6.07, 6.45) is -0.325. The van der Waals surface area contributed by atoms with Gasteiger partial charge in [0.2, 0.25) is 0 Å². The van der Waals surface area contributed by atoms with E-state index in [1.54, 1.807) is 19.9 Å². The van der Waals surface area contributed by atoms with E-state index in [0.29, 0.717) is 6.42 Å². The molecule has 1 aromatic rings. The highest BCUT2D eigenvalue weighted by molar-refractivity contribution is 5.93. The lowest BCUT2D eigenvalue weighted by Crippen LogP contribution is -2.88. The number of aliphatic hydroxyl groups is 1. The van der Waals surface area contributed by atoms with Gasteiger partial charge in [0.25, 0.3) is 0 Å². The molecule has 196 valence electrons. The summed E-state index contributed by atoms with van der Waals surface area (Å²) in [4.78, 5) is 27.0. The first-order chi connectivity index (χ1) is 16.8. The largest absolute Gasteiger partial charge is 0.457 e. The minimum absolute atomic E-state index is 0.0476. The van der Waals surface area contributed by atoms with E-state index in [0.717, 1.165) is 12.0 Å². The highest BCUT2D eigenvalue weighted by Crippen LogP contribution is 2.71. The van der Waals surface area contributed by atoms with Gasteiger partial charge in [0, 0.05) is 30.2 Å². The maximum absolute atomic E-state index is 14.6. The van der Waals surface area contributed by atoms with Crippen LogP contribution in [0.5, 0.6) is 0 Å². The minimum Gasteiger partial charge on any atom is -0.457 e. The summed E-state index contributed by atoms with van der Waals surface area (Å²) in [5.41, 5.74) is -4.63. The van der Waals surface area contributed by atoms with Gasteiger partial charge < -0.3 is 24.1 Å². The van der Waals surface area contributed by atoms with Gasteiger partial charge in [-0.15, -0.1) is 6.58 Å². The lowest BCUT2D eigenvalue weighted by Gasteiger charge is -2.74. The van der Waals surface area contributed by atoms with Gasteiger partial charge in [0.1, 0.15) is 5.60 Å². The van der Waals surface area contributed by atoms with Crippen molar-refractivity contribution in [1.82, 2.24) is 0 Å². The van der Waals surface area contributed by atoms with Crippen molar-refractivity contribution in [2.24, 2.45) is 16.7 Å². The monoisotopic (exact) mass is 498 g/mol. The zero-order valence-electron chi connectivity index (χ0n) is 22.1. The number of esters is 1. The van der Waals surface area contributed by atoms with E-state index in [9.17, 15) is 14.7 Å². The van der Waals surface area contributed by atoms with Crippen molar-refractivity contribution < 1.29 is 33.6 Å². The van der Waals surface area contributed by atoms with E-state index in [4.69, 9.17) is 18.9 Å². The SMILES string of the molecule is C=C[C@@]1(C)CC(=O)[C@@]23O[C@@H](c4ccccc4)O[C@H]4CCC(C)(C)[C@H]([C@H](O)[C@H](OC(C)=O)[C@@]2(C)O1)[C@]43C. The van der Waals surface area contributed by atoms with Crippen LogP contribution >= 0.6 is 0 Å². The van der Waals surface area contributed by atoms with Gasteiger partial charge in [-0.2, -0.15) is 0 Å². The summed E-state index contributed by atoms with van der Waals surface area (Å²) < 4.78 is 26.1. The Morgan fingerprint density at radius 2 is 1.83 bits per heavy atom. The Balaban J connectivity index is 1.80. The minimum atomic E-state index is -1.55. The Bertz CT molecular complexity index is 1080. The third-order valence-corrected chi connectivity index (χ3v) is 9.58. The predicted octanol–water partition coefficient (Wildman–Crippen LogP) is 4.28. The zero-order chi connectivity index (χ0) is 26.3. The van der Waals surface area contributed by atoms with Gasteiger partial charge in [-0.05, 0) is 32.1 Å². The molecule has 0 radical (unpaired) electrons. The number of carbonyl (C=O) groups is 2. The smallest absolute Gasteiger partial charge is 0.303 e. The quantitative estimate of drug-likeness (QED) is 0.491. The van der Waals surface area contributed by atoms with Crippen LogP contribution in [0.2, 0.25) is 0 Å². The normalized spacial score (nSPS) is 47.3. The Morgan fingerprint density at radius 3 is 2.44 bits per heavy atom. The van der Waals surface area contributed by atoms with E-state index in [1.165, 1.54) is 6.92 Å². The Kier molecular flexibility index (Phi) is 5.66. The van der Waals surface area contributed by atoms with Crippen molar-refractivity contribution in [1.29, 1.82) is 0 Å². The molecule has 5 rings (SSSR count). The number of Topliss-reactive ketones (excluding diaryl/α,β-unsaturated/α-hetero) is 1. The Morgan fingerprint density at radius 1 is 1.17 bits per heavy atom. The molecule has 0 aromatic heterocycles. The molecule has 0 unspecified atom stereocenters. The summed E-state index contributed by atoms with van der Waals surface area (Å²) in [5, 5.41) is 12.0. The van der Waals surface area contributed by atoms with Gasteiger partial charge >= 0.3 is 5.97 Å². The summed E-state index contributed by atoms with van der Waals surface area (Å²) in [5.74, 6) is -1.17. The summed E-state index contributed by atoms with van der Waals surface area (Å²) in [6.45, 7) is 14.9. The van der Waals surface area contributed by atoms with Crippen LogP contribution in [0.4, 0.5) is 0 Å². The van der Waals surface area contributed by atoms with Crippen LogP contribution in [0.1, 0.15) is 72.7 Å². The summed E-state index contributed by atoms with van der Waals surface area (Å²) >= 11 is 0. The first kappa shape index (κ1) is 25.6. The number of carbonyl (C=O) groups excluding carboxylic acids is 2. The Labute approximate surface area is 213 Å². The second-order valence-corrected chi connectivity index (χ2v) is 12.3. The molecule has 1 spiro atoms. The van der Waals surface area contributed by atoms with Crippen molar-refractivity contribution in [3.63, 3.8) is 0 Å². The molecule has 2 saturated heterocycles. The molecule has 4 fully saturated rings. The highest BCUT2D eigenvalue weighted by atomic mass is 16.7. The summed E-state index contributed by atoms with van der Waals surface area (Å²) in [7, 11) is 0. The van der Waals surface area contributed by atoms with Gasteiger partial charge in [0.15, 0.2) is 23.8 Å². The second kappa shape index (κ2) is 7.97. The maximum Gasteiger partial charge on any atom is 0.303 e. The van der Waals surface area contributed by atoms with Crippen molar-refractivity contribution in [2.75, 3.05) is 0 Å². The van der Waals surface area contributed by atoms with Crippen molar-refractivity contribution >= 4 is 11.8 Å². The maximum atomic E-state index is 14.6. The fourth-order valence-corrected chi connectivity index (χ4v) is 8.23. The standard InChI is InChI=1S/C29H38O7/c1-8-26(5)16-19(31)29-27(6)20(34-24(35-29)18-12-10-9-11-13-18)14-15-25(3,4)22(27)21(32)23(33-17(2)30)28(29,7)36-26/h8-13,20-24,32H,1,14-16H2,2-7H3/t20-,21-,22-,23-,24-,26-,27-,28+,29-/m0/s1. The Hall–Kier alpha value is -2.06. The first-order valence-electron chi connectivity index (χ1n) is 12.9. The number of hydrogen-bond acceptors (Lipinski definition) is 7. The molecule has 1 aromatic carbocycles. The lowest BCUT2D eigenvalue weighted by molar-refractivity contribution is -0.444. The van der Waals surface area contributed by atoms with Crippen LogP contribution in [-0.2, 0) is 28.5 Å². The number of rotatable bonds is 3. The molecule has 2 saturated carbocycles. The molecule has 7 heteroatoms. The zero-order valence-corrected chi connectivity index (χ0v) is 22.1. The molecule has 1 N–H and O–H groups in total. The van der Waals surface area contributed by atoms with E-state index in [-0.39, 0.29) is 23.7 Å². The van der Waals surface area contributed by atoms with Crippen molar-refractivity contribution in [2.45, 2.75) is 102 Å². The van der Waals surface area contributed by atoms with Gasteiger partial charge in [0.05, 0.1) is 17.8 Å². The van der Waals surface area contributed by atoms with Crippen LogP contribution in [0, 0.1) is 16.7 Å². The molecule has 0 amide bonds. The van der Waals surface area contributed by atoms with E-state index in [2.05, 4.69) is 20.4 Å². The molecule has 7 nitrogen and oxygen atoms in total. The number of benzene rings is 1. The molecular weight excluding hydrogens is 460 g/mol. The van der Waals surface area contributed by atoms with Crippen LogP contribution in [0.25, 0.3) is 0 Å². The average Bonchev–Trinajstić information content (AvgIpc) is 2.80. The molecule has 0 bridgehead atoms. The van der Waals surface area contributed by atoms with E-state index < -0.39 is 52.6 Å². The predicted molar refractivity (Wildman–Crippen MR) is 132 cm³/mol. The first-order valence-corrected chi connectivity index (χ1v) is 12.9. The van der Waals surface area contributed by atoms with E-state index >= 15 is 0 Å². The highest BCUT2D eigenvalue weighted by Gasteiger charge is 2.84. The molecule has 9 atom stereocenters. The average molecular weight is 499 g/mol. The lowest BCUT2D eigenvalue weighted by atomic mass is 9.39. The molecule has 2 aliphatic heterocycles. The third-order valence-electron chi connectivity index (χ3n) is 9.58. The molecule has 2 heterocycles. The van der Waals surface area contributed by atoms with Gasteiger partial charge in [-0.3, -0.25) is 9.59 Å². The van der Waals surface area contributed by atoms with Crippen LogP contribution in [-0.4, -0.2) is 52.0 Å². The molecule has 36 heavy (non-hydrogen) atoms. The topological polar surface area (TPSA) is 91.3 Å².